The fourth-order valence-electron chi connectivity index (χ4n) is 1.96. The molecule has 0 bridgehead atoms. The fourth-order valence-corrected chi connectivity index (χ4v) is 2.59. The van der Waals surface area contributed by atoms with Crippen LogP contribution < -0.4 is 0 Å². The van der Waals surface area contributed by atoms with E-state index in [0.29, 0.717) is 0 Å². The summed E-state index contributed by atoms with van der Waals surface area (Å²) in [6.45, 7) is 0. The van der Waals surface area contributed by atoms with Crippen LogP contribution in [0.25, 0.3) is 22.0 Å². The normalized spacial score (nSPS) is 10.9. The number of hydrogen-bond acceptors (Lipinski definition) is 0. The molecule has 3 rings (SSSR count). The molecule has 0 aliphatic carbocycles. The predicted octanol–water partition coefficient (Wildman–Crippen LogP) is 5.36. The minimum Gasteiger partial charge on any atom is -0.361 e. The number of benzene rings is 2. The van der Waals surface area contributed by atoms with Gasteiger partial charge in [0.25, 0.3) is 0 Å². The summed E-state index contributed by atoms with van der Waals surface area (Å²) < 4.78 is 2.20. The molecular weight excluding hydrogens is 342 g/mol. The molecule has 0 saturated heterocycles. The Bertz CT molecular complexity index is 668. The molecule has 0 aliphatic heterocycles. The molecule has 0 fully saturated rings. The number of aromatic nitrogens is 1. The van der Waals surface area contributed by atoms with Gasteiger partial charge < -0.3 is 4.98 Å². The lowest BCUT2D eigenvalue weighted by Crippen LogP contribution is -1.75. The third-order valence-corrected chi connectivity index (χ3v) is 3.82. The van der Waals surface area contributed by atoms with Crippen LogP contribution in [-0.4, -0.2) is 4.98 Å². The van der Waals surface area contributed by atoms with Crippen LogP contribution in [0.15, 0.2) is 57.6 Å². The van der Waals surface area contributed by atoms with Crippen molar-refractivity contribution in [2.24, 2.45) is 0 Å². The first kappa shape index (κ1) is 11.1. The molecule has 2 aromatic carbocycles. The maximum Gasteiger partial charge on any atom is 0.0461 e. The van der Waals surface area contributed by atoms with Gasteiger partial charge in [-0.15, -0.1) is 0 Å². The van der Waals surface area contributed by atoms with Crippen molar-refractivity contribution in [3.8, 4) is 11.1 Å². The van der Waals surface area contributed by atoms with Gasteiger partial charge in [-0.2, -0.15) is 0 Å². The van der Waals surface area contributed by atoms with E-state index in [-0.39, 0.29) is 0 Å². The van der Waals surface area contributed by atoms with Gasteiger partial charge in [0.15, 0.2) is 0 Å². The lowest BCUT2D eigenvalue weighted by molar-refractivity contribution is 1.47. The van der Waals surface area contributed by atoms with E-state index in [1.807, 2.05) is 6.07 Å². The Labute approximate surface area is 116 Å². The zero-order valence-corrected chi connectivity index (χ0v) is 12.0. The highest BCUT2D eigenvalue weighted by Crippen LogP contribution is 2.31. The van der Waals surface area contributed by atoms with Crippen molar-refractivity contribution in [3.05, 3.63) is 57.6 Å². The van der Waals surface area contributed by atoms with E-state index in [0.717, 1.165) is 14.5 Å². The van der Waals surface area contributed by atoms with E-state index in [9.17, 15) is 0 Å². The third kappa shape index (κ3) is 2.05. The Morgan fingerprint density at radius 3 is 2.29 bits per heavy atom. The van der Waals surface area contributed by atoms with Crippen molar-refractivity contribution in [1.29, 1.82) is 0 Å². The molecule has 3 heteroatoms. The van der Waals surface area contributed by atoms with Crippen molar-refractivity contribution in [2.45, 2.75) is 0 Å². The first-order valence-electron chi connectivity index (χ1n) is 5.26. The number of fused-ring (bicyclic) bond motifs is 1. The van der Waals surface area contributed by atoms with Gasteiger partial charge in [0.1, 0.15) is 0 Å². The van der Waals surface area contributed by atoms with Gasteiger partial charge in [0, 0.05) is 31.6 Å². The van der Waals surface area contributed by atoms with E-state index in [4.69, 9.17) is 0 Å². The predicted molar refractivity (Wildman–Crippen MR) is 79.1 cm³/mol. The first-order valence-corrected chi connectivity index (χ1v) is 6.85. The average molecular weight is 351 g/mol. The molecule has 0 atom stereocenters. The Balaban J connectivity index is 2.23. The van der Waals surface area contributed by atoms with Gasteiger partial charge in [0.05, 0.1) is 0 Å². The molecule has 0 radical (unpaired) electrons. The molecule has 0 aliphatic rings. The second-order valence-electron chi connectivity index (χ2n) is 3.90. The van der Waals surface area contributed by atoms with E-state index < -0.39 is 0 Å². The number of aromatic amines is 1. The smallest absolute Gasteiger partial charge is 0.0461 e. The molecule has 3 aromatic rings. The SMILES string of the molecule is Brc1ccc(-c2c[nH]c3ccc(Br)cc23)cc1. The lowest BCUT2D eigenvalue weighted by atomic mass is 10.1. The van der Waals surface area contributed by atoms with Gasteiger partial charge in [-0.05, 0) is 35.9 Å². The molecule has 0 amide bonds. The first-order chi connectivity index (χ1) is 8.24. The van der Waals surface area contributed by atoms with Crippen molar-refractivity contribution in [2.75, 3.05) is 0 Å². The fraction of sp³-hybridized carbons (Fsp3) is 0. The van der Waals surface area contributed by atoms with E-state index in [1.165, 1.54) is 16.5 Å². The lowest BCUT2D eigenvalue weighted by Gasteiger charge is -2.00. The van der Waals surface area contributed by atoms with Crippen molar-refractivity contribution < 1.29 is 0 Å². The highest BCUT2D eigenvalue weighted by molar-refractivity contribution is 9.10. The van der Waals surface area contributed by atoms with Crippen LogP contribution >= 0.6 is 31.9 Å². The molecule has 0 spiro atoms. The molecule has 0 saturated carbocycles. The molecule has 1 nitrogen and oxygen atoms in total. The van der Waals surface area contributed by atoms with Crippen LogP contribution in [0, 0.1) is 0 Å². The standard InChI is InChI=1S/C14H9Br2N/c15-10-3-1-9(2-4-10)13-8-17-14-6-5-11(16)7-12(13)14/h1-8,17H. The highest BCUT2D eigenvalue weighted by Gasteiger charge is 2.06. The maximum absolute atomic E-state index is 3.51. The molecule has 1 aromatic heterocycles. The number of rotatable bonds is 1. The molecular formula is C14H9Br2N. The van der Waals surface area contributed by atoms with Gasteiger partial charge >= 0.3 is 0 Å². The third-order valence-electron chi connectivity index (χ3n) is 2.80. The summed E-state index contributed by atoms with van der Waals surface area (Å²) >= 11 is 6.97. The van der Waals surface area contributed by atoms with Crippen LogP contribution in [-0.2, 0) is 0 Å². The summed E-state index contributed by atoms with van der Waals surface area (Å²) in [6, 6.07) is 14.6. The minimum atomic E-state index is 1.10. The van der Waals surface area contributed by atoms with Crippen molar-refractivity contribution in [3.63, 3.8) is 0 Å². The summed E-state index contributed by atoms with van der Waals surface area (Å²) in [5.74, 6) is 0. The van der Waals surface area contributed by atoms with Crippen LogP contribution in [0.4, 0.5) is 0 Å². The summed E-state index contributed by atoms with van der Waals surface area (Å²) in [6.07, 6.45) is 2.06. The number of hydrogen-bond donors (Lipinski definition) is 1. The average Bonchev–Trinajstić information content (AvgIpc) is 2.73. The summed E-state index contributed by atoms with van der Waals surface area (Å²) in [4.78, 5) is 3.30. The summed E-state index contributed by atoms with van der Waals surface area (Å²) in [5.41, 5.74) is 3.61. The Morgan fingerprint density at radius 2 is 1.53 bits per heavy atom. The zero-order valence-electron chi connectivity index (χ0n) is 8.87. The van der Waals surface area contributed by atoms with Gasteiger partial charge in [-0.1, -0.05) is 44.0 Å². The number of halogens is 2. The Hall–Kier alpha value is -1.06. The number of H-pyrrole nitrogens is 1. The van der Waals surface area contributed by atoms with Crippen LogP contribution in [0.5, 0.6) is 0 Å². The van der Waals surface area contributed by atoms with E-state index >= 15 is 0 Å². The van der Waals surface area contributed by atoms with Crippen molar-refractivity contribution >= 4 is 42.8 Å². The van der Waals surface area contributed by atoms with Crippen molar-refractivity contribution in [1.82, 2.24) is 4.98 Å². The minimum absolute atomic E-state index is 1.10. The second-order valence-corrected chi connectivity index (χ2v) is 5.73. The zero-order chi connectivity index (χ0) is 11.8. The van der Waals surface area contributed by atoms with Gasteiger partial charge in [0.2, 0.25) is 0 Å². The molecule has 0 unspecified atom stereocenters. The maximum atomic E-state index is 3.51. The number of nitrogens with one attached hydrogen (secondary N) is 1. The molecule has 1 heterocycles. The quantitative estimate of drug-likeness (QED) is 0.608. The van der Waals surface area contributed by atoms with Crippen LogP contribution in [0.2, 0.25) is 0 Å². The summed E-state index contributed by atoms with van der Waals surface area (Å²) in [5, 5.41) is 1.24. The topological polar surface area (TPSA) is 15.8 Å². The largest absolute Gasteiger partial charge is 0.361 e. The summed E-state index contributed by atoms with van der Waals surface area (Å²) in [7, 11) is 0. The van der Waals surface area contributed by atoms with E-state index in [2.05, 4.69) is 79.4 Å². The Kier molecular flexibility index (Phi) is 2.81. The van der Waals surface area contributed by atoms with Gasteiger partial charge in [-0.3, -0.25) is 0 Å². The Morgan fingerprint density at radius 1 is 0.824 bits per heavy atom. The monoisotopic (exact) mass is 349 g/mol. The molecule has 1 N–H and O–H groups in total. The molecule has 17 heavy (non-hydrogen) atoms. The second kappa shape index (κ2) is 4.31. The highest BCUT2D eigenvalue weighted by atomic mass is 79.9. The van der Waals surface area contributed by atoms with Gasteiger partial charge in [-0.25, -0.2) is 0 Å². The van der Waals surface area contributed by atoms with Crippen LogP contribution in [0.3, 0.4) is 0 Å². The molecule has 84 valence electrons. The van der Waals surface area contributed by atoms with Crippen LogP contribution in [0.1, 0.15) is 0 Å². The van der Waals surface area contributed by atoms with E-state index in [1.54, 1.807) is 0 Å².